The summed E-state index contributed by atoms with van der Waals surface area (Å²) in [5, 5.41) is 13.1. The van der Waals surface area contributed by atoms with Gasteiger partial charge in [-0.05, 0) is 31.9 Å². The number of ether oxygens (including phenoxy) is 1. The van der Waals surface area contributed by atoms with Crippen LogP contribution in [-0.4, -0.2) is 73.6 Å². The molecule has 0 bridgehead atoms. The van der Waals surface area contributed by atoms with E-state index in [1.807, 2.05) is 0 Å². The van der Waals surface area contributed by atoms with Crippen LogP contribution >= 0.6 is 29.4 Å². The first-order valence-electron chi connectivity index (χ1n) is 10.9. The molecule has 190 valence electrons. The molecule has 10 nitrogen and oxygen atoms in total. The highest BCUT2D eigenvalue weighted by atomic mass is 32.1. The van der Waals surface area contributed by atoms with Crippen LogP contribution in [0.25, 0.3) is 0 Å². The molecule has 7 N–H and O–H groups in total. The van der Waals surface area contributed by atoms with Gasteiger partial charge in [0.1, 0.15) is 0 Å². The molecule has 0 unspecified atom stereocenters. The van der Waals surface area contributed by atoms with E-state index in [4.69, 9.17) is 24.3 Å². The van der Waals surface area contributed by atoms with Gasteiger partial charge in [0.2, 0.25) is 33.6 Å². The van der Waals surface area contributed by atoms with E-state index < -0.39 is 21.8 Å². The summed E-state index contributed by atoms with van der Waals surface area (Å²) in [5.41, 5.74) is 0. The highest BCUT2D eigenvalue weighted by Crippen LogP contribution is 2.59. The van der Waals surface area contributed by atoms with Crippen molar-refractivity contribution in [3.8, 4) is 0 Å². The van der Waals surface area contributed by atoms with Gasteiger partial charge in [-0.25, -0.2) is 0 Å². The molecular formula is C19H40N2O8P2S. The number of amides is 2. The van der Waals surface area contributed by atoms with E-state index in [0.29, 0.717) is 0 Å². The highest BCUT2D eigenvalue weighted by molar-refractivity contribution is 7.79. The van der Waals surface area contributed by atoms with Gasteiger partial charge in [-0.15, -0.1) is 0 Å². The maximum absolute atomic E-state index is 12.0. The molecule has 0 radical (unpaired) electrons. The van der Waals surface area contributed by atoms with E-state index in [1.54, 1.807) is 6.26 Å². The Morgan fingerprint density at radius 3 is 1.97 bits per heavy atom. The van der Waals surface area contributed by atoms with Crippen LogP contribution in [0.2, 0.25) is 0 Å². The Balaban J connectivity index is 0.00000466. The smallest absolute Gasteiger partial charge is 0.222 e. The van der Waals surface area contributed by atoms with Gasteiger partial charge in [0.15, 0.2) is 0 Å². The molecule has 1 fully saturated rings. The summed E-state index contributed by atoms with van der Waals surface area (Å²) in [6, 6.07) is 0.252. The zero-order chi connectivity index (χ0) is 24.4. The molecule has 0 atom stereocenters. The summed E-state index contributed by atoms with van der Waals surface area (Å²) in [6.07, 6.45) is 10.0. The van der Waals surface area contributed by atoms with E-state index in [9.17, 15) is 14.7 Å². The summed E-state index contributed by atoms with van der Waals surface area (Å²) in [4.78, 5) is 60.2. The number of hydrogen-bond donors (Lipinski definition) is 8. The van der Waals surface area contributed by atoms with Crippen LogP contribution in [-0.2, 0) is 14.3 Å². The molecule has 0 heterocycles. The average Bonchev–Trinajstić information content (AvgIpc) is 2.73. The Morgan fingerprint density at radius 1 is 0.938 bits per heavy atom. The Hall–Kier alpha value is -0.0900. The van der Waals surface area contributed by atoms with Gasteiger partial charge in [0.25, 0.3) is 0 Å². The molecule has 13 heteroatoms. The van der Waals surface area contributed by atoms with Crippen molar-refractivity contribution in [2.75, 3.05) is 26.0 Å². The summed E-state index contributed by atoms with van der Waals surface area (Å²) in [5.74, 6) is -0.319. The molecule has 0 aromatic heterocycles. The zero-order valence-corrected chi connectivity index (χ0v) is 21.5. The lowest BCUT2D eigenvalue weighted by Gasteiger charge is -2.29. The van der Waals surface area contributed by atoms with E-state index in [0.717, 1.165) is 25.7 Å². The van der Waals surface area contributed by atoms with Gasteiger partial charge >= 0.3 is 0 Å². The van der Waals surface area contributed by atoms with Crippen LogP contribution in [0.15, 0.2) is 0 Å². The van der Waals surface area contributed by atoms with Crippen molar-refractivity contribution in [3.05, 3.63) is 0 Å². The molecule has 1 aliphatic rings. The minimum absolute atomic E-state index is 0.0297. The maximum atomic E-state index is 12.0. The van der Waals surface area contributed by atoms with E-state index in [2.05, 4.69) is 23.3 Å². The fraction of sp³-hybridized carbons (Fsp3) is 0.895. The topological polar surface area (TPSA) is 169 Å². The summed E-state index contributed by atoms with van der Waals surface area (Å²) < 4.78 is 5.34. The van der Waals surface area contributed by atoms with E-state index >= 15 is 0 Å². The van der Waals surface area contributed by atoms with Crippen molar-refractivity contribution in [3.63, 3.8) is 0 Å². The molecule has 1 rings (SSSR count). The van der Waals surface area contributed by atoms with Gasteiger partial charge in [-0.1, -0.05) is 32.1 Å². The van der Waals surface area contributed by atoms with Crippen molar-refractivity contribution >= 4 is 41.2 Å². The van der Waals surface area contributed by atoms with Crippen molar-refractivity contribution < 1.29 is 39.0 Å². The number of nitrogens with one attached hydrogen (secondary N) is 2. The molecule has 0 spiro atoms. The Morgan fingerprint density at radius 2 is 1.44 bits per heavy atom. The van der Waals surface area contributed by atoms with Crippen molar-refractivity contribution in [1.82, 2.24) is 10.6 Å². The SMILES string of the molecule is CS.O=C(CCOCCC(=O)NC1CCCCCCC1)NCCCC(O)(P(O)O)P(O)O. The molecule has 32 heavy (non-hydrogen) atoms. The maximum Gasteiger partial charge on any atom is 0.222 e. The summed E-state index contributed by atoms with van der Waals surface area (Å²) >= 11 is 3.53. The number of rotatable bonds is 13. The van der Waals surface area contributed by atoms with Gasteiger partial charge in [0, 0.05) is 25.4 Å². The third kappa shape index (κ3) is 14.2. The molecule has 0 aromatic carbocycles. The number of carbonyl (C=O) groups excluding carboxylic acids is 2. The van der Waals surface area contributed by atoms with Gasteiger partial charge in [-0.2, -0.15) is 12.6 Å². The van der Waals surface area contributed by atoms with Crippen LogP contribution in [0.3, 0.4) is 0 Å². The van der Waals surface area contributed by atoms with Crippen LogP contribution in [0.1, 0.15) is 70.6 Å². The van der Waals surface area contributed by atoms with Crippen molar-refractivity contribution in [2.45, 2.75) is 81.8 Å². The first-order valence-corrected chi connectivity index (χ1v) is 14.3. The van der Waals surface area contributed by atoms with Crippen LogP contribution < -0.4 is 10.6 Å². The fourth-order valence-corrected chi connectivity index (χ4v) is 4.61. The highest BCUT2D eigenvalue weighted by Gasteiger charge is 2.43. The molecule has 2 amide bonds. The Labute approximate surface area is 198 Å². The second-order valence-electron chi connectivity index (χ2n) is 7.53. The van der Waals surface area contributed by atoms with Crippen molar-refractivity contribution in [1.29, 1.82) is 0 Å². The number of hydrogen-bond acceptors (Lipinski definition) is 9. The second-order valence-corrected chi connectivity index (χ2v) is 10.5. The first-order chi connectivity index (χ1) is 15.3. The molecule has 1 aliphatic carbocycles. The minimum Gasteiger partial charge on any atom is -0.380 e. The molecule has 0 aromatic rings. The normalized spacial score (nSPS) is 15.5. The Kier molecular flexibility index (Phi) is 19.2. The monoisotopic (exact) mass is 518 g/mol. The number of aliphatic hydroxyl groups is 1. The quantitative estimate of drug-likeness (QED) is 0.104. The van der Waals surface area contributed by atoms with Crippen LogP contribution in [0.4, 0.5) is 0 Å². The van der Waals surface area contributed by atoms with E-state index in [1.165, 1.54) is 19.3 Å². The average molecular weight is 519 g/mol. The lowest BCUT2D eigenvalue weighted by Crippen LogP contribution is -2.35. The predicted molar refractivity (Wildman–Crippen MR) is 129 cm³/mol. The molecule has 1 saturated carbocycles. The minimum atomic E-state index is -2.93. The van der Waals surface area contributed by atoms with Gasteiger partial charge in [-0.3, -0.25) is 9.59 Å². The number of carbonyl (C=O) groups is 2. The molecule has 0 saturated heterocycles. The Bertz CT molecular complexity index is 502. The summed E-state index contributed by atoms with van der Waals surface area (Å²) in [7, 11) is -5.85. The van der Waals surface area contributed by atoms with Gasteiger partial charge < -0.3 is 40.1 Å². The predicted octanol–water partition coefficient (Wildman–Crippen LogP) is 1.69. The lowest BCUT2D eigenvalue weighted by atomic mass is 9.96. The third-order valence-corrected chi connectivity index (χ3v) is 7.87. The molecular weight excluding hydrogens is 478 g/mol. The van der Waals surface area contributed by atoms with Crippen LogP contribution in [0, 0.1) is 0 Å². The standard InChI is InChI=1S/C18H36N2O8P2.CH4S/c21-16(19-12-6-11-18(23,29(24)25)30(26)27)9-13-28-14-10-17(22)20-15-7-4-2-1-3-5-8-15;1-2/h15,23-27H,1-14H2,(H,19,21)(H,20,22);2H,1H3. The second kappa shape index (κ2) is 19.2. The third-order valence-electron chi connectivity index (χ3n) is 5.07. The van der Waals surface area contributed by atoms with Crippen LogP contribution in [0.5, 0.6) is 0 Å². The van der Waals surface area contributed by atoms with Crippen molar-refractivity contribution in [2.24, 2.45) is 0 Å². The first kappa shape index (κ1) is 31.9. The lowest BCUT2D eigenvalue weighted by molar-refractivity contribution is -0.123. The zero-order valence-electron chi connectivity index (χ0n) is 18.8. The van der Waals surface area contributed by atoms with E-state index in [-0.39, 0.29) is 63.3 Å². The van der Waals surface area contributed by atoms with Gasteiger partial charge in [0.05, 0.1) is 13.2 Å². The largest absolute Gasteiger partial charge is 0.380 e. The fourth-order valence-electron chi connectivity index (χ4n) is 3.25. The molecule has 0 aliphatic heterocycles. The summed E-state index contributed by atoms with van der Waals surface area (Å²) in [6.45, 7) is 0.548. The number of thiol groups is 1.